The van der Waals surface area contributed by atoms with Gasteiger partial charge in [0.05, 0.1) is 12.1 Å². The van der Waals surface area contributed by atoms with Crippen molar-refractivity contribution in [3.8, 4) is 0 Å². The maximum atomic E-state index is 12.4. The van der Waals surface area contributed by atoms with Crippen LogP contribution in [-0.4, -0.2) is 35.8 Å². The number of nitrogens with one attached hydrogen (secondary N) is 1. The number of rotatable bonds is 4. The molecule has 1 fully saturated rings. The first-order valence-electron chi connectivity index (χ1n) is 8.54. The van der Waals surface area contributed by atoms with Gasteiger partial charge >= 0.3 is 0 Å². The lowest BCUT2D eigenvalue weighted by Gasteiger charge is -2.32. The van der Waals surface area contributed by atoms with Gasteiger partial charge in [-0.05, 0) is 57.6 Å². The quantitative estimate of drug-likeness (QED) is 0.888. The molecule has 3 N–H and O–H groups in total. The number of thiophene rings is 1. The van der Waals surface area contributed by atoms with Crippen LogP contribution in [0.25, 0.3) is 0 Å². The zero-order chi connectivity index (χ0) is 16.4. The Morgan fingerprint density at radius 1 is 1.26 bits per heavy atom. The number of carbonyl (C=O) groups is 2. The normalized spacial score (nSPS) is 21.7. The molecule has 1 aliphatic heterocycles. The number of hydrogen-bond donors (Lipinski definition) is 2. The fourth-order valence-corrected chi connectivity index (χ4v) is 4.97. The summed E-state index contributed by atoms with van der Waals surface area (Å²) >= 11 is 1.53. The van der Waals surface area contributed by atoms with Crippen molar-refractivity contribution in [1.29, 1.82) is 0 Å². The second-order valence-corrected chi connectivity index (χ2v) is 7.75. The highest BCUT2D eigenvalue weighted by atomic mass is 32.1. The smallest absolute Gasteiger partial charge is 0.251 e. The number of carbonyl (C=O) groups excluding carboxylic acids is 2. The molecule has 0 radical (unpaired) electrons. The van der Waals surface area contributed by atoms with Gasteiger partial charge in [-0.1, -0.05) is 6.42 Å². The topological polar surface area (TPSA) is 75.4 Å². The maximum Gasteiger partial charge on any atom is 0.251 e. The number of hydrogen-bond acceptors (Lipinski definition) is 4. The molecule has 1 aliphatic carbocycles. The standard InChI is InChI=1S/C17H25N3O2S/c1-11-6-4-5-9-20(11)10-14(21)19-17-15(16(18)22)12-7-2-3-8-13(12)23-17/h11H,2-10H2,1H3,(H2,18,22)(H,19,21)/t11-/m0/s1. The Labute approximate surface area is 141 Å². The number of aryl methyl sites for hydroxylation is 1. The molecule has 1 atom stereocenters. The summed E-state index contributed by atoms with van der Waals surface area (Å²) in [6.45, 7) is 3.53. The average Bonchev–Trinajstić information content (AvgIpc) is 2.87. The van der Waals surface area contributed by atoms with E-state index < -0.39 is 5.91 Å². The Hall–Kier alpha value is -1.40. The largest absolute Gasteiger partial charge is 0.365 e. The molecule has 5 nitrogen and oxygen atoms in total. The van der Waals surface area contributed by atoms with Gasteiger partial charge < -0.3 is 11.1 Å². The minimum absolute atomic E-state index is 0.0418. The molecule has 0 unspecified atom stereocenters. The third-order valence-electron chi connectivity index (χ3n) is 4.96. The number of amides is 2. The first-order valence-corrected chi connectivity index (χ1v) is 9.36. The van der Waals surface area contributed by atoms with Gasteiger partial charge in [0.1, 0.15) is 5.00 Å². The molecular formula is C17H25N3O2S. The minimum atomic E-state index is -0.425. The summed E-state index contributed by atoms with van der Waals surface area (Å²) in [5.74, 6) is -0.467. The molecule has 126 valence electrons. The molecule has 2 aliphatic rings. The van der Waals surface area contributed by atoms with Gasteiger partial charge in [0.15, 0.2) is 0 Å². The van der Waals surface area contributed by atoms with Crippen molar-refractivity contribution in [2.24, 2.45) is 5.73 Å². The zero-order valence-corrected chi connectivity index (χ0v) is 14.5. The van der Waals surface area contributed by atoms with Crippen LogP contribution in [0.15, 0.2) is 0 Å². The van der Waals surface area contributed by atoms with Crippen LogP contribution in [0.4, 0.5) is 5.00 Å². The van der Waals surface area contributed by atoms with Crippen LogP contribution in [0.2, 0.25) is 0 Å². The second kappa shape index (κ2) is 7.01. The van der Waals surface area contributed by atoms with Crippen LogP contribution >= 0.6 is 11.3 Å². The number of likely N-dealkylation sites (tertiary alicyclic amines) is 1. The van der Waals surface area contributed by atoms with Gasteiger partial charge in [0.2, 0.25) is 5.91 Å². The van der Waals surface area contributed by atoms with Crippen LogP contribution in [0.1, 0.15) is 59.8 Å². The molecule has 0 aromatic carbocycles. The number of fused-ring (bicyclic) bond motifs is 1. The highest BCUT2D eigenvalue weighted by molar-refractivity contribution is 7.17. The minimum Gasteiger partial charge on any atom is -0.365 e. The molecule has 1 saturated heterocycles. The number of primary amides is 1. The monoisotopic (exact) mass is 335 g/mol. The third-order valence-corrected chi connectivity index (χ3v) is 6.17. The predicted octanol–water partition coefficient (Wildman–Crippen LogP) is 2.54. The van der Waals surface area contributed by atoms with E-state index in [1.54, 1.807) is 0 Å². The van der Waals surface area contributed by atoms with Crippen molar-refractivity contribution in [2.75, 3.05) is 18.4 Å². The van der Waals surface area contributed by atoms with Gasteiger partial charge in [0.25, 0.3) is 5.91 Å². The van der Waals surface area contributed by atoms with Crippen molar-refractivity contribution in [2.45, 2.75) is 57.9 Å². The van der Waals surface area contributed by atoms with E-state index in [9.17, 15) is 9.59 Å². The van der Waals surface area contributed by atoms with Crippen LogP contribution in [0.3, 0.4) is 0 Å². The first kappa shape index (κ1) is 16.5. The molecular weight excluding hydrogens is 310 g/mol. The van der Waals surface area contributed by atoms with Crippen molar-refractivity contribution in [1.82, 2.24) is 4.90 Å². The molecule has 2 heterocycles. The van der Waals surface area contributed by atoms with E-state index in [-0.39, 0.29) is 5.91 Å². The van der Waals surface area contributed by atoms with E-state index in [0.717, 1.165) is 50.6 Å². The lowest BCUT2D eigenvalue weighted by molar-refractivity contribution is -0.118. The summed E-state index contributed by atoms with van der Waals surface area (Å²) < 4.78 is 0. The average molecular weight is 335 g/mol. The number of anilines is 1. The molecule has 2 amide bonds. The van der Waals surface area contributed by atoms with Crippen molar-refractivity contribution in [3.05, 3.63) is 16.0 Å². The zero-order valence-electron chi connectivity index (χ0n) is 13.7. The highest BCUT2D eigenvalue weighted by Crippen LogP contribution is 2.37. The SMILES string of the molecule is C[C@H]1CCCCN1CC(=O)Nc1sc2c(c1C(N)=O)CCCC2. The summed E-state index contributed by atoms with van der Waals surface area (Å²) in [5.41, 5.74) is 7.18. The van der Waals surface area contributed by atoms with E-state index >= 15 is 0 Å². The van der Waals surface area contributed by atoms with Crippen LogP contribution in [0.5, 0.6) is 0 Å². The molecule has 1 aromatic rings. The molecule has 6 heteroatoms. The predicted molar refractivity (Wildman–Crippen MR) is 93.0 cm³/mol. The Morgan fingerprint density at radius 3 is 2.78 bits per heavy atom. The van der Waals surface area contributed by atoms with Crippen LogP contribution in [-0.2, 0) is 17.6 Å². The Balaban J connectivity index is 1.73. The number of piperidine rings is 1. The maximum absolute atomic E-state index is 12.4. The fourth-order valence-electron chi connectivity index (χ4n) is 3.66. The third kappa shape index (κ3) is 3.58. The Bertz CT molecular complexity index is 611. The summed E-state index contributed by atoms with van der Waals surface area (Å²) in [4.78, 5) is 27.7. The number of nitrogens with zero attached hydrogens (tertiary/aromatic N) is 1. The van der Waals surface area contributed by atoms with Crippen molar-refractivity contribution in [3.63, 3.8) is 0 Å². The molecule has 1 aromatic heterocycles. The first-order chi connectivity index (χ1) is 11.1. The molecule has 0 spiro atoms. The van der Waals surface area contributed by atoms with Gasteiger partial charge in [-0.15, -0.1) is 11.3 Å². The Kier molecular flexibility index (Phi) is 5.02. The Morgan fingerprint density at radius 2 is 2.04 bits per heavy atom. The van der Waals surface area contributed by atoms with E-state index in [4.69, 9.17) is 5.73 Å². The molecule has 23 heavy (non-hydrogen) atoms. The van der Waals surface area contributed by atoms with Crippen molar-refractivity contribution >= 4 is 28.2 Å². The number of nitrogens with two attached hydrogens (primary N) is 1. The van der Waals surface area contributed by atoms with Crippen molar-refractivity contribution < 1.29 is 9.59 Å². The van der Waals surface area contributed by atoms with E-state index in [1.807, 2.05) is 0 Å². The van der Waals surface area contributed by atoms with E-state index in [1.165, 1.54) is 22.6 Å². The van der Waals surface area contributed by atoms with E-state index in [2.05, 4.69) is 17.1 Å². The van der Waals surface area contributed by atoms with Gasteiger partial charge in [0, 0.05) is 10.9 Å². The summed E-state index contributed by atoms with van der Waals surface area (Å²) in [7, 11) is 0. The lowest BCUT2D eigenvalue weighted by Crippen LogP contribution is -2.42. The lowest BCUT2D eigenvalue weighted by atomic mass is 9.95. The van der Waals surface area contributed by atoms with Crippen LogP contribution in [0, 0.1) is 0 Å². The van der Waals surface area contributed by atoms with Crippen LogP contribution < -0.4 is 11.1 Å². The molecule has 0 saturated carbocycles. The summed E-state index contributed by atoms with van der Waals surface area (Å²) in [5, 5.41) is 3.61. The molecule has 3 rings (SSSR count). The van der Waals surface area contributed by atoms with Gasteiger partial charge in [-0.25, -0.2) is 0 Å². The van der Waals surface area contributed by atoms with Gasteiger partial charge in [-0.2, -0.15) is 0 Å². The summed E-state index contributed by atoms with van der Waals surface area (Å²) in [6.07, 6.45) is 7.64. The fraction of sp³-hybridized carbons (Fsp3) is 0.647. The highest BCUT2D eigenvalue weighted by Gasteiger charge is 2.26. The second-order valence-electron chi connectivity index (χ2n) is 6.64. The van der Waals surface area contributed by atoms with E-state index in [0.29, 0.717) is 23.2 Å². The summed E-state index contributed by atoms with van der Waals surface area (Å²) in [6, 6.07) is 0.446. The molecule has 0 bridgehead atoms. The van der Waals surface area contributed by atoms with Gasteiger partial charge in [-0.3, -0.25) is 14.5 Å².